The Bertz CT molecular complexity index is 545. The molecule has 0 aliphatic carbocycles. The summed E-state index contributed by atoms with van der Waals surface area (Å²) in [6.07, 6.45) is 1.77. The number of benzene rings is 1. The van der Waals surface area contributed by atoms with Crippen molar-refractivity contribution in [1.29, 1.82) is 0 Å². The smallest absolute Gasteiger partial charge is 0.320 e. The van der Waals surface area contributed by atoms with Crippen LogP contribution in [0, 0.1) is 0 Å². The largest absolute Gasteiger partial charge is 0.480 e. The monoisotopic (exact) mass is 261 g/mol. The molecule has 0 saturated carbocycles. The molecule has 2 heterocycles. The molecule has 94 valence electrons. The normalized spacial score (nSPS) is 20.6. The lowest BCUT2D eigenvalue weighted by Crippen LogP contribution is -2.35. The number of fused-ring (bicyclic) bond motifs is 1. The summed E-state index contributed by atoms with van der Waals surface area (Å²) in [6, 6.07) is 10.2. The van der Waals surface area contributed by atoms with Gasteiger partial charge >= 0.3 is 5.97 Å². The van der Waals surface area contributed by atoms with E-state index in [0.29, 0.717) is 0 Å². The number of hydrogen-bond acceptors (Lipinski definition) is 3. The van der Waals surface area contributed by atoms with Gasteiger partial charge in [0, 0.05) is 16.1 Å². The molecular formula is C14H15NO2S. The van der Waals surface area contributed by atoms with Gasteiger partial charge in [-0.3, -0.25) is 9.69 Å². The van der Waals surface area contributed by atoms with Crippen LogP contribution >= 0.6 is 11.3 Å². The average molecular weight is 261 g/mol. The predicted molar refractivity (Wildman–Crippen MR) is 72.9 cm³/mol. The van der Waals surface area contributed by atoms with Crippen molar-refractivity contribution in [3.63, 3.8) is 0 Å². The minimum Gasteiger partial charge on any atom is -0.480 e. The number of hydrogen-bond donors (Lipinski definition) is 1. The lowest BCUT2D eigenvalue weighted by Gasteiger charge is -2.19. The summed E-state index contributed by atoms with van der Waals surface area (Å²) in [5.41, 5.74) is 0. The van der Waals surface area contributed by atoms with E-state index >= 15 is 0 Å². The third-order valence-corrected chi connectivity index (χ3v) is 4.59. The molecule has 4 heteroatoms. The molecule has 1 atom stereocenters. The van der Waals surface area contributed by atoms with Gasteiger partial charge in [0.15, 0.2) is 0 Å². The quantitative estimate of drug-likeness (QED) is 0.923. The van der Waals surface area contributed by atoms with E-state index in [4.69, 9.17) is 5.11 Å². The molecule has 1 aliphatic rings. The molecule has 0 bridgehead atoms. The third kappa shape index (κ3) is 2.13. The summed E-state index contributed by atoms with van der Waals surface area (Å²) in [5.74, 6) is -0.686. The molecular weight excluding hydrogens is 246 g/mol. The van der Waals surface area contributed by atoms with Gasteiger partial charge in [0.05, 0.1) is 0 Å². The summed E-state index contributed by atoms with van der Waals surface area (Å²) in [5, 5.41) is 10.4. The van der Waals surface area contributed by atoms with E-state index in [9.17, 15) is 4.79 Å². The maximum Gasteiger partial charge on any atom is 0.320 e. The highest BCUT2D eigenvalue weighted by atomic mass is 32.1. The van der Waals surface area contributed by atoms with Crippen molar-refractivity contribution in [2.24, 2.45) is 0 Å². The number of carbonyl (C=O) groups is 1. The molecule has 1 saturated heterocycles. The fraction of sp³-hybridized carbons (Fsp3) is 0.357. The van der Waals surface area contributed by atoms with E-state index in [-0.39, 0.29) is 6.04 Å². The van der Waals surface area contributed by atoms with Crippen molar-refractivity contribution in [3.05, 3.63) is 35.2 Å². The molecule has 3 nitrogen and oxygen atoms in total. The van der Waals surface area contributed by atoms with Gasteiger partial charge in [0.1, 0.15) is 6.04 Å². The van der Waals surface area contributed by atoms with Gasteiger partial charge in [-0.05, 0) is 36.9 Å². The highest BCUT2D eigenvalue weighted by Crippen LogP contribution is 2.28. The number of rotatable bonds is 3. The molecule has 18 heavy (non-hydrogen) atoms. The number of carboxylic acids is 1. The number of nitrogens with zero attached hydrogens (tertiary/aromatic N) is 1. The van der Waals surface area contributed by atoms with E-state index in [1.54, 1.807) is 11.3 Å². The van der Waals surface area contributed by atoms with Crippen LogP contribution in [0.15, 0.2) is 30.3 Å². The minimum atomic E-state index is -0.686. The first-order chi connectivity index (χ1) is 8.74. The summed E-state index contributed by atoms with van der Waals surface area (Å²) in [6.45, 7) is 1.65. The third-order valence-electron chi connectivity index (χ3n) is 3.48. The molecule has 3 rings (SSSR count). The lowest BCUT2D eigenvalue weighted by atomic mass is 10.2. The molecule has 1 aromatic carbocycles. The molecule has 1 aromatic heterocycles. The Hall–Kier alpha value is -1.39. The van der Waals surface area contributed by atoms with Crippen LogP contribution in [0.1, 0.15) is 17.7 Å². The van der Waals surface area contributed by atoms with Crippen molar-refractivity contribution in [2.75, 3.05) is 6.54 Å². The van der Waals surface area contributed by atoms with E-state index < -0.39 is 5.97 Å². The fourth-order valence-electron chi connectivity index (χ4n) is 2.61. The zero-order valence-electron chi connectivity index (χ0n) is 10.0. The van der Waals surface area contributed by atoms with Crippen LogP contribution in [-0.2, 0) is 11.3 Å². The van der Waals surface area contributed by atoms with E-state index in [1.807, 2.05) is 12.1 Å². The number of likely N-dealkylation sites (tertiary alicyclic amines) is 1. The molecule has 0 amide bonds. The highest BCUT2D eigenvalue weighted by molar-refractivity contribution is 7.19. The van der Waals surface area contributed by atoms with Gasteiger partial charge < -0.3 is 5.11 Å². The van der Waals surface area contributed by atoms with Crippen LogP contribution in [0.5, 0.6) is 0 Å². The Morgan fingerprint density at radius 3 is 3.06 bits per heavy atom. The second kappa shape index (κ2) is 4.71. The van der Waals surface area contributed by atoms with E-state index in [1.165, 1.54) is 15.0 Å². The Kier molecular flexibility index (Phi) is 3.06. The summed E-state index contributed by atoms with van der Waals surface area (Å²) in [4.78, 5) is 14.5. The van der Waals surface area contributed by atoms with Crippen LogP contribution in [0.3, 0.4) is 0 Å². The first kappa shape index (κ1) is 11.7. The SMILES string of the molecule is O=C(O)C1CCCN1Cc1cc2ccccc2s1. The van der Waals surface area contributed by atoms with Gasteiger partial charge in [-0.25, -0.2) is 0 Å². The van der Waals surface area contributed by atoms with Gasteiger partial charge in [0.25, 0.3) is 0 Å². The van der Waals surface area contributed by atoms with Crippen molar-refractivity contribution >= 4 is 27.4 Å². The summed E-state index contributed by atoms with van der Waals surface area (Å²) in [7, 11) is 0. The van der Waals surface area contributed by atoms with Gasteiger partial charge in [-0.15, -0.1) is 11.3 Å². The minimum absolute atomic E-state index is 0.296. The molecule has 1 N–H and O–H groups in total. The molecule has 0 radical (unpaired) electrons. The zero-order valence-corrected chi connectivity index (χ0v) is 10.8. The Labute approximate surface area is 110 Å². The standard InChI is InChI=1S/C14H15NO2S/c16-14(17)12-5-3-7-15(12)9-11-8-10-4-1-2-6-13(10)18-11/h1-2,4,6,8,12H,3,5,7,9H2,(H,16,17). The maximum atomic E-state index is 11.1. The fourth-order valence-corrected chi connectivity index (χ4v) is 3.70. The Morgan fingerprint density at radius 2 is 2.28 bits per heavy atom. The second-order valence-corrected chi connectivity index (χ2v) is 5.89. The Balaban J connectivity index is 1.81. The van der Waals surface area contributed by atoms with E-state index in [0.717, 1.165) is 25.9 Å². The summed E-state index contributed by atoms with van der Waals surface area (Å²) >= 11 is 1.76. The van der Waals surface area contributed by atoms with Crippen molar-refractivity contribution in [2.45, 2.75) is 25.4 Å². The van der Waals surface area contributed by atoms with Crippen molar-refractivity contribution in [3.8, 4) is 0 Å². The summed E-state index contributed by atoms with van der Waals surface area (Å²) < 4.78 is 1.28. The first-order valence-electron chi connectivity index (χ1n) is 6.18. The van der Waals surface area contributed by atoms with Gasteiger partial charge in [-0.2, -0.15) is 0 Å². The zero-order chi connectivity index (χ0) is 12.5. The van der Waals surface area contributed by atoms with Crippen LogP contribution in [0.2, 0.25) is 0 Å². The van der Waals surface area contributed by atoms with Crippen molar-refractivity contribution in [1.82, 2.24) is 4.90 Å². The molecule has 1 fully saturated rings. The molecule has 0 spiro atoms. The van der Waals surface area contributed by atoms with Gasteiger partial charge in [0.2, 0.25) is 0 Å². The predicted octanol–water partition coefficient (Wildman–Crippen LogP) is 2.95. The topological polar surface area (TPSA) is 40.5 Å². The lowest BCUT2D eigenvalue weighted by molar-refractivity contribution is -0.142. The number of aliphatic carboxylic acids is 1. The maximum absolute atomic E-state index is 11.1. The van der Waals surface area contributed by atoms with Crippen LogP contribution < -0.4 is 0 Å². The Morgan fingerprint density at radius 1 is 1.44 bits per heavy atom. The first-order valence-corrected chi connectivity index (χ1v) is 7.00. The number of carboxylic acid groups (broad SMARTS) is 1. The molecule has 2 aromatic rings. The average Bonchev–Trinajstić information content (AvgIpc) is 2.94. The van der Waals surface area contributed by atoms with Crippen LogP contribution in [0.25, 0.3) is 10.1 Å². The highest BCUT2D eigenvalue weighted by Gasteiger charge is 2.30. The van der Waals surface area contributed by atoms with Crippen LogP contribution in [-0.4, -0.2) is 28.6 Å². The van der Waals surface area contributed by atoms with Crippen molar-refractivity contribution < 1.29 is 9.90 Å². The second-order valence-electron chi connectivity index (χ2n) is 4.72. The van der Waals surface area contributed by atoms with E-state index in [2.05, 4.69) is 23.1 Å². The van der Waals surface area contributed by atoms with Gasteiger partial charge in [-0.1, -0.05) is 18.2 Å². The van der Waals surface area contributed by atoms with Crippen LogP contribution in [0.4, 0.5) is 0 Å². The molecule has 1 unspecified atom stereocenters. The molecule has 1 aliphatic heterocycles. The number of thiophene rings is 1.